The van der Waals surface area contributed by atoms with Crippen LogP contribution in [-0.2, 0) is 4.79 Å². The first-order chi connectivity index (χ1) is 12.6. The van der Waals surface area contributed by atoms with Crippen molar-refractivity contribution in [1.82, 2.24) is 4.90 Å². The Kier molecular flexibility index (Phi) is 4.03. The minimum absolute atomic E-state index is 0.1000. The van der Waals surface area contributed by atoms with Gasteiger partial charge in [0.1, 0.15) is 6.04 Å². The Labute approximate surface area is 151 Å². The number of hydrogen-bond donors (Lipinski definition) is 0. The number of nitrogens with zero attached hydrogens (tertiary/aromatic N) is 2. The Hall–Kier alpha value is -3.02. The summed E-state index contributed by atoms with van der Waals surface area (Å²) < 4.78 is 10.7. The van der Waals surface area contributed by atoms with Gasteiger partial charge in [-0.2, -0.15) is 0 Å². The molecule has 0 radical (unpaired) electrons. The molecule has 2 aromatic carbocycles. The molecule has 6 heteroatoms. The summed E-state index contributed by atoms with van der Waals surface area (Å²) in [4.78, 5) is 29.2. The van der Waals surface area contributed by atoms with Crippen molar-refractivity contribution >= 4 is 17.5 Å². The van der Waals surface area contributed by atoms with Crippen LogP contribution in [0.5, 0.6) is 11.5 Å². The molecule has 2 amide bonds. The second-order valence-corrected chi connectivity index (χ2v) is 6.52. The number of benzene rings is 2. The first-order valence-corrected chi connectivity index (χ1v) is 8.64. The molecule has 0 bridgehead atoms. The zero-order valence-corrected chi connectivity index (χ0v) is 14.8. The fraction of sp³-hybridized carbons (Fsp3) is 0.300. The number of carbonyl (C=O) groups is 2. The van der Waals surface area contributed by atoms with E-state index in [9.17, 15) is 9.59 Å². The first-order valence-electron chi connectivity index (χ1n) is 8.64. The second kappa shape index (κ2) is 6.37. The van der Waals surface area contributed by atoms with Crippen LogP contribution in [0.25, 0.3) is 0 Å². The minimum Gasteiger partial charge on any atom is -0.454 e. The van der Waals surface area contributed by atoms with E-state index in [2.05, 4.69) is 0 Å². The second-order valence-electron chi connectivity index (χ2n) is 6.52. The molecule has 0 unspecified atom stereocenters. The molecule has 2 aromatic rings. The van der Waals surface area contributed by atoms with Crippen LogP contribution in [-0.4, -0.2) is 42.6 Å². The molecule has 2 aliphatic rings. The summed E-state index contributed by atoms with van der Waals surface area (Å²) in [5.41, 5.74) is 2.31. The van der Waals surface area contributed by atoms with Gasteiger partial charge in [0.05, 0.1) is 0 Å². The highest BCUT2D eigenvalue weighted by Gasteiger charge is 2.36. The molecular weight excluding hydrogens is 332 g/mol. The molecule has 0 aliphatic carbocycles. The average molecular weight is 352 g/mol. The highest BCUT2D eigenvalue weighted by molar-refractivity contribution is 6.04. The van der Waals surface area contributed by atoms with Crippen molar-refractivity contribution in [2.45, 2.75) is 19.9 Å². The van der Waals surface area contributed by atoms with Crippen molar-refractivity contribution in [3.8, 4) is 11.5 Å². The number of carbonyl (C=O) groups excluding carboxylic acids is 2. The van der Waals surface area contributed by atoms with Gasteiger partial charge in [-0.05, 0) is 37.6 Å². The lowest BCUT2D eigenvalue weighted by atomic mass is 10.0. The summed E-state index contributed by atoms with van der Waals surface area (Å²) >= 11 is 0. The van der Waals surface area contributed by atoms with E-state index in [0.717, 1.165) is 11.3 Å². The lowest BCUT2D eigenvalue weighted by molar-refractivity contribution is -0.124. The highest BCUT2D eigenvalue weighted by atomic mass is 16.7. The molecule has 0 aromatic heterocycles. The zero-order chi connectivity index (χ0) is 18.3. The number of ether oxygens (including phenoxy) is 2. The van der Waals surface area contributed by atoms with Gasteiger partial charge in [0.2, 0.25) is 12.7 Å². The summed E-state index contributed by atoms with van der Waals surface area (Å²) in [7, 11) is 0. The third kappa shape index (κ3) is 2.67. The van der Waals surface area contributed by atoms with Gasteiger partial charge in [-0.25, -0.2) is 0 Å². The first kappa shape index (κ1) is 16.4. The van der Waals surface area contributed by atoms with Crippen molar-refractivity contribution in [1.29, 1.82) is 0 Å². The summed E-state index contributed by atoms with van der Waals surface area (Å²) in [6.07, 6.45) is 0. The third-order valence-electron chi connectivity index (χ3n) is 4.96. The lowest BCUT2D eigenvalue weighted by Gasteiger charge is -2.39. The maximum atomic E-state index is 12.9. The average Bonchev–Trinajstić information content (AvgIpc) is 3.11. The van der Waals surface area contributed by atoms with Gasteiger partial charge in [0, 0.05) is 30.4 Å². The number of hydrogen-bond acceptors (Lipinski definition) is 4. The molecule has 1 fully saturated rings. The number of fused-ring (bicyclic) bond motifs is 1. The van der Waals surface area contributed by atoms with Gasteiger partial charge in [-0.1, -0.05) is 18.2 Å². The monoisotopic (exact) mass is 352 g/mol. The van der Waals surface area contributed by atoms with Crippen molar-refractivity contribution < 1.29 is 19.1 Å². The molecule has 0 saturated carbocycles. The van der Waals surface area contributed by atoms with Gasteiger partial charge in [0.25, 0.3) is 5.91 Å². The predicted molar refractivity (Wildman–Crippen MR) is 96.6 cm³/mol. The summed E-state index contributed by atoms with van der Waals surface area (Å²) in [5.74, 6) is 1.12. The molecule has 2 heterocycles. The van der Waals surface area contributed by atoms with Crippen molar-refractivity contribution in [2.75, 3.05) is 24.8 Å². The number of amides is 2. The number of piperazine rings is 1. The van der Waals surface area contributed by atoms with Crippen LogP contribution in [0, 0.1) is 6.92 Å². The Bertz CT molecular complexity index is 880. The summed E-state index contributed by atoms with van der Waals surface area (Å²) in [5, 5.41) is 0. The fourth-order valence-corrected chi connectivity index (χ4v) is 3.42. The maximum Gasteiger partial charge on any atom is 0.254 e. The Morgan fingerprint density at radius 3 is 2.65 bits per heavy atom. The van der Waals surface area contributed by atoms with Crippen molar-refractivity contribution in [3.63, 3.8) is 0 Å². The van der Waals surface area contributed by atoms with Crippen LogP contribution in [0.4, 0.5) is 5.69 Å². The summed E-state index contributed by atoms with van der Waals surface area (Å²) in [6.45, 7) is 4.80. The molecular formula is C20H20N2O4. The van der Waals surface area contributed by atoms with E-state index in [1.807, 2.05) is 37.3 Å². The van der Waals surface area contributed by atoms with Crippen LogP contribution in [0.15, 0.2) is 42.5 Å². The SMILES string of the molecule is Cc1ccccc1C(=O)N1CCN(c2ccc3c(c2)OCO3)C(=O)[C@H]1C. The van der Waals surface area contributed by atoms with E-state index in [1.54, 1.807) is 28.9 Å². The van der Waals surface area contributed by atoms with E-state index >= 15 is 0 Å². The van der Waals surface area contributed by atoms with Gasteiger partial charge >= 0.3 is 0 Å². The number of aryl methyl sites for hydroxylation is 1. The topological polar surface area (TPSA) is 59.1 Å². The lowest BCUT2D eigenvalue weighted by Crippen LogP contribution is -2.57. The normalized spacial score (nSPS) is 19.0. The Morgan fingerprint density at radius 2 is 1.85 bits per heavy atom. The molecule has 26 heavy (non-hydrogen) atoms. The van der Waals surface area contributed by atoms with Gasteiger partial charge in [-0.3, -0.25) is 9.59 Å². The van der Waals surface area contributed by atoms with Crippen molar-refractivity contribution in [2.24, 2.45) is 0 Å². The molecule has 2 aliphatic heterocycles. The number of rotatable bonds is 2. The molecule has 0 spiro atoms. The quantitative estimate of drug-likeness (QED) is 0.834. The van der Waals surface area contributed by atoms with Crippen LogP contribution in [0.3, 0.4) is 0 Å². The molecule has 6 nitrogen and oxygen atoms in total. The molecule has 1 saturated heterocycles. The largest absolute Gasteiger partial charge is 0.454 e. The number of anilines is 1. The Balaban J connectivity index is 1.56. The van der Waals surface area contributed by atoms with Gasteiger partial charge < -0.3 is 19.3 Å². The third-order valence-corrected chi connectivity index (χ3v) is 4.96. The smallest absolute Gasteiger partial charge is 0.254 e. The van der Waals surface area contributed by atoms with Crippen LogP contribution < -0.4 is 14.4 Å². The highest BCUT2D eigenvalue weighted by Crippen LogP contribution is 2.36. The van der Waals surface area contributed by atoms with Gasteiger partial charge in [0.15, 0.2) is 11.5 Å². The molecule has 4 rings (SSSR count). The van der Waals surface area contributed by atoms with Crippen molar-refractivity contribution in [3.05, 3.63) is 53.6 Å². The van der Waals surface area contributed by atoms with E-state index in [4.69, 9.17) is 9.47 Å². The van der Waals surface area contributed by atoms with Crippen LogP contribution in [0.1, 0.15) is 22.8 Å². The van der Waals surface area contributed by atoms with E-state index < -0.39 is 6.04 Å². The molecule has 134 valence electrons. The summed E-state index contributed by atoms with van der Waals surface area (Å²) in [6, 6.07) is 12.4. The standard InChI is InChI=1S/C20H20N2O4/c1-13-5-3-4-6-16(13)20(24)21-9-10-22(19(23)14(21)2)15-7-8-17-18(11-15)26-12-25-17/h3-8,11,14H,9-10,12H2,1-2H3/t14-/m1/s1. The van der Waals surface area contributed by atoms with Crippen LogP contribution >= 0.6 is 0 Å². The van der Waals surface area contributed by atoms with E-state index in [-0.39, 0.29) is 18.6 Å². The zero-order valence-electron chi connectivity index (χ0n) is 14.8. The van der Waals surface area contributed by atoms with E-state index in [1.165, 1.54) is 0 Å². The fourth-order valence-electron chi connectivity index (χ4n) is 3.42. The van der Waals surface area contributed by atoms with E-state index in [0.29, 0.717) is 30.2 Å². The molecule has 1 atom stereocenters. The molecule has 0 N–H and O–H groups in total. The minimum atomic E-state index is -0.527. The van der Waals surface area contributed by atoms with Crippen LogP contribution in [0.2, 0.25) is 0 Å². The van der Waals surface area contributed by atoms with Gasteiger partial charge in [-0.15, -0.1) is 0 Å². The predicted octanol–water partition coefficient (Wildman–Crippen LogP) is 2.60. The maximum absolute atomic E-state index is 12.9. The Morgan fingerprint density at radius 1 is 1.08 bits per heavy atom.